The first-order valence-corrected chi connectivity index (χ1v) is 11.7. The lowest BCUT2D eigenvalue weighted by atomic mass is 9.73. The van der Waals surface area contributed by atoms with Gasteiger partial charge in [0.05, 0.1) is 18.7 Å². The SMILES string of the molecule is CCC(C#N)CC(F)CC(C)OC(=O)C(C)C(F)CC(CCF)C1CCC(C)CC1. The zero-order valence-electron chi connectivity index (χ0n) is 19.1. The number of rotatable bonds is 13. The Morgan fingerprint density at radius 1 is 1.13 bits per heavy atom. The minimum Gasteiger partial charge on any atom is -0.462 e. The minimum atomic E-state index is -1.40. The van der Waals surface area contributed by atoms with E-state index in [0.717, 1.165) is 25.7 Å². The van der Waals surface area contributed by atoms with E-state index < -0.39 is 37.0 Å². The first kappa shape index (κ1) is 26.8. The molecule has 0 saturated heterocycles. The summed E-state index contributed by atoms with van der Waals surface area (Å²) in [7, 11) is 0. The molecule has 3 nitrogen and oxygen atoms in total. The van der Waals surface area contributed by atoms with E-state index in [1.165, 1.54) is 6.92 Å². The van der Waals surface area contributed by atoms with Crippen LogP contribution in [0.15, 0.2) is 0 Å². The molecule has 0 bridgehead atoms. The predicted molar refractivity (Wildman–Crippen MR) is 113 cm³/mol. The maximum Gasteiger partial charge on any atom is 0.311 e. The zero-order valence-corrected chi connectivity index (χ0v) is 19.1. The topological polar surface area (TPSA) is 50.1 Å². The van der Waals surface area contributed by atoms with E-state index in [4.69, 9.17) is 10.00 Å². The average Bonchev–Trinajstić information content (AvgIpc) is 2.71. The molecule has 1 fully saturated rings. The molecule has 6 unspecified atom stereocenters. The van der Waals surface area contributed by atoms with Crippen molar-refractivity contribution in [3.8, 4) is 6.07 Å². The molecule has 1 saturated carbocycles. The van der Waals surface area contributed by atoms with Gasteiger partial charge >= 0.3 is 5.97 Å². The fourth-order valence-electron chi connectivity index (χ4n) is 4.51. The van der Waals surface area contributed by atoms with Crippen LogP contribution >= 0.6 is 0 Å². The van der Waals surface area contributed by atoms with Crippen LogP contribution in [0.3, 0.4) is 0 Å². The summed E-state index contributed by atoms with van der Waals surface area (Å²) in [6.45, 7) is 6.65. The van der Waals surface area contributed by atoms with Crippen molar-refractivity contribution < 1.29 is 22.7 Å². The summed E-state index contributed by atoms with van der Waals surface area (Å²) in [5.74, 6) is -1.06. The smallest absolute Gasteiger partial charge is 0.311 e. The molecule has 30 heavy (non-hydrogen) atoms. The molecule has 6 atom stereocenters. The second kappa shape index (κ2) is 13.9. The Morgan fingerprint density at radius 2 is 1.77 bits per heavy atom. The number of nitrogens with zero attached hydrogens (tertiary/aromatic N) is 1. The second-order valence-electron chi connectivity index (χ2n) is 9.35. The van der Waals surface area contributed by atoms with Gasteiger partial charge in [0.2, 0.25) is 0 Å². The van der Waals surface area contributed by atoms with E-state index in [-0.39, 0.29) is 31.1 Å². The molecule has 0 aliphatic heterocycles. The number of halogens is 3. The Kier molecular flexibility index (Phi) is 12.4. The molecule has 0 N–H and O–H groups in total. The van der Waals surface area contributed by atoms with E-state index in [2.05, 4.69) is 13.0 Å². The van der Waals surface area contributed by atoms with Gasteiger partial charge in [-0.2, -0.15) is 5.26 Å². The van der Waals surface area contributed by atoms with Crippen molar-refractivity contribution in [3.05, 3.63) is 0 Å². The van der Waals surface area contributed by atoms with Crippen molar-refractivity contribution in [2.45, 2.75) is 104 Å². The Labute approximate surface area is 180 Å². The standard InChI is InChI=1S/C24H40F3NO2/c1-5-19(15-28)13-22(26)12-17(3)30-24(29)18(4)23(27)14-21(10-11-25)20-8-6-16(2)7-9-20/h16-23H,5-14H2,1-4H3. The van der Waals surface area contributed by atoms with Gasteiger partial charge in [-0.25, -0.2) is 8.78 Å². The van der Waals surface area contributed by atoms with Crippen LogP contribution in [0.2, 0.25) is 0 Å². The zero-order chi connectivity index (χ0) is 22.7. The van der Waals surface area contributed by atoms with E-state index in [1.807, 2.05) is 6.92 Å². The van der Waals surface area contributed by atoms with E-state index in [1.54, 1.807) is 6.92 Å². The van der Waals surface area contributed by atoms with Crippen molar-refractivity contribution in [3.63, 3.8) is 0 Å². The number of hydrogen-bond acceptors (Lipinski definition) is 3. The lowest BCUT2D eigenvalue weighted by Gasteiger charge is -2.33. The first-order chi connectivity index (χ1) is 14.2. The molecule has 1 aliphatic carbocycles. The third kappa shape index (κ3) is 9.27. The highest BCUT2D eigenvalue weighted by atomic mass is 19.1. The number of esters is 1. The average molecular weight is 432 g/mol. The van der Waals surface area contributed by atoms with E-state index in [0.29, 0.717) is 24.7 Å². The van der Waals surface area contributed by atoms with Gasteiger partial charge in [-0.3, -0.25) is 9.18 Å². The van der Waals surface area contributed by atoms with Crippen LogP contribution in [0, 0.1) is 40.9 Å². The van der Waals surface area contributed by atoms with Gasteiger partial charge < -0.3 is 4.74 Å². The van der Waals surface area contributed by atoms with Gasteiger partial charge in [-0.1, -0.05) is 26.7 Å². The van der Waals surface area contributed by atoms with Crippen molar-refractivity contribution in [2.24, 2.45) is 29.6 Å². The molecule has 0 radical (unpaired) electrons. The highest BCUT2D eigenvalue weighted by molar-refractivity contribution is 5.72. The highest BCUT2D eigenvalue weighted by Gasteiger charge is 2.33. The summed E-state index contributed by atoms with van der Waals surface area (Å²) in [5.41, 5.74) is 0. The Morgan fingerprint density at radius 3 is 2.30 bits per heavy atom. The summed E-state index contributed by atoms with van der Waals surface area (Å²) in [5, 5.41) is 8.94. The summed E-state index contributed by atoms with van der Waals surface area (Å²) in [6, 6.07) is 2.06. The normalized spacial score (nSPS) is 25.4. The third-order valence-electron chi connectivity index (χ3n) is 6.77. The van der Waals surface area contributed by atoms with Crippen LogP contribution in [0.5, 0.6) is 0 Å². The first-order valence-electron chi connectivity index (χ1n) is 11.7. The van der Waals surface area contributed by atoms with Crippen LogP contribution in [-0.2, 0) is 9.53 Å². The monoisotopic (exact) mass is 431 g/mol. The molecule has 0 amide bonds. The molecular weight excluding hydrogens is 391 g/mol. The van der Waals surface area contributed by atoms with Crippen LogP contribution in [0.25, 0.3) is 0 Å². The number of carbonyl (C=O) groups excluding carboxylic acids is 1. The molecule has 0 aromatic rings. The third-order valence-corrected chi connectivity index (χ3v) is 6.77. The molecule has 0 aromatic heterocycles. The van der Waals surface area contributed by atoms with E-state index >= 15 is 0 Å². The summed E-state index contributed by atoms with van der Waals surface area (Å²) < 4.78 is 47.3. The van der Waals surface area contributed by atoms with Gasteiger partial charge in [0.1, 0.15) is 18.4 Å². The molecule has 0 spiro atoms. The number of hydrogen-bond donors (Lipinski definition) is 0. The predicted octanol–water partition coefficient (Wildman–Crippen LogP) is 6.75. The molecule has 1 rings (SSSR count). The fourth-order valence-corrected chi connectivity index (χ4v) is 4.51. The van der Waals surface area contributed by atoms with Crippen LogP contribution in [-0.4, -0.2) is 31.1 Å². The Bertz CT molecular complexity index is 531. The molecule has 6 heteroatoms. The van der Waals surface area contributed by atoms with Gasteiger partial charge in [-0.15, -0.1) is 0 Å². The largest absolute Gasteiger partial charge is 0.462 e. The van der Waals surface area contributed by atoms with Crippen molar-refractivity contribution in [2.75, 3.05) is 6.67 Å². The van der Waals surface area contributed by atoms with Gasteiger partial charge in [0, 0.05) is 12.3 Å². The van der Waals surface area contributed by atoms with Gasteiger partial charge in [0.15, 0.2) is 0 Å². The van der Waals surface area contributed by atoms with Crippen LogP contribution in [0.4, 0.5) is 13.2 Å². The molecule has 0 heterocycles. The lowest BCUT2D eigenvalue weighted by molar-refractivity contribution is -0.156. The maximum absolute atomic E-state index is 14.9. The van der Waals surface area contributed by atoms with Crippen molar-refractivity contribution >= 4 is 5.97 Å². The van der Waals surface area contributed by atoms with Crippen LogP contribution in [0.1, 0.15) is 85.5 Å². The highest BCUT2D eigenvalue weighted by Crippen LogP contribution is 2.38. The molecule has 1 aliphatic rings. The Balaban J connectivity index is 2.51. The number of nitriles is 1. The number of ether oxygens (including phenoxy) is 1. The summed E-state index contributed by atoms with van der Waals surface area (Å²) in [4.78, 5) is 12.4. The molecule has 0 aromatic carbocycles. The second-order valence-corrected chi connectivity index (χ2v) is 9.35. The Hall–Kier alpha value is -1.25. The quantitative estimate of drug-likeness (QED) is 0.303. The lowest BCUT2D eigenvalue weighted by Crippen LogP contribution is -2.32. The van der Waals surface area contributed by atoms with Gasteiger partial charge in [0.25, 0.3) is 0 Å². The van der Waals surface area contributed by atoms with E-state index in [9.17, 15) is 18.0 Å². The van der Waals surface area contributed by atoms with Crippen LogP contribution < -0.4 is 0 Å². The summed E-state index contributed by atoms with van der Waals surface area (Å²) >= 11 is 0. The molecule has 174 valence electrons. The fraction of sp³-hybridized carbons (Fsp3) is 0.917. The minimum absolute atomic E-state index is 0.00166. The number of alkyl halides is 3. The maximum atomic E-state index is 14.9. The molecular formula is C24H40F3NO2. The summed E-state index contributed by atoms with van der Waals surface area (Å²) in [6.07, 6.45) is 2.04. The number of carbonyl (C=O) groups is 1. The van der Waals surface area contributed by atoms with Crippen molar-refractivity contribution in [1.29, 1.82) is 5.26 Å². The van der Waals surface area contributed by atoms with Gasteiger partial charge in [-0.05, 0) is 70.1 Å². The van der Waals surface area contributed by atoms with Crippen molar-refractivity contribution in [1.82, 2.24) is 0 Å².